The van der Waals surface area contributed by atoms with Gasteiger partial charge in [-0.25, -0.2) is 9.97 Å². The number of benzene rings is 1. The third-order valence-corrected chi connectivity index (χ3v) is 7.81. The minimum absolute atomic E-state index is 0.0189. The number of piperidine rings is 1. The van der Waals surface area contributed by atoms with E-state index in [0.29, 0.717) is 17.3 Å². The number of aryl methyl sites for hydroxylation is 1. The van der Waals surface area contributed by atoms with Gasteiger partial charge in [-0.2, -0.15) is 13.2 Å². The summed E-state index contributed by atoms with van der Waals surface area (Å²) in [5.41, 5.74) is 1.84. The largest absolute Gasteiger partial charge is 0.420 e. The van der Waals surface area contributed by atoms with E-state index in [1.165, 1.54) is 10.5 Å². The Balaban J connectivity index is 1.52. The van der Waals surface area contributed by atoms with Crippen LogP contribution >= 0.6 is 11.3 Å². The fourth-order valence-electron chi connectivity index (χ4n) is 5.53. The van der Waals surface area contributed by atoms with Gasteiger partial charge in [0.1, 0.15) is 5.65 Å². The van der Waals surface area contributed by atoms with Crippen molar-refractivity contribution in [3.8, 4) is 11.1 Å². The molecule has 0 radical (unpaired) electrons. The van der Waals surface area contributed by atoms with Crippen LogP contribution in [0.4, 0.5) is 18.3 Å². The number of hydrogen-bond donors (Lipinski definition) is 1. The highest BCUT2D eigenvalue weighted by Gasteiger charge is 2.40. The molecule has 3 aromatic heterocycles. The highest BCUT2D eigenvalue weighted by molar-refractivity contribution is 7.22. The standard InChI is InChI=1S/C26H30F3N5S/c1-15-13-34-14-17(9-19(22(34)30-15)26(27,28)29)16-7-8-20-21(10-16)35-23(31-20)33(6)18-11-24(2,3)32-25(4,5)12-18/h7-10,13-14,18,32H,11-12H2,1-6H3. The summed E-state index contributed by atoms with van der Waals surface area (Å²) in [6, 6.07) is 7.20. The molecule has 0 unspecified atom stereocenters. The van der Waals surface area contributed by atoms with Crippen molar-refractivity contribution < 1.29 is 13.2 Å². The van der Waals surface area contributed by atoms with Crippen LogP contribution in [-0.4, -0.2) is 38.5 Å². The molecule has 0 atom stereocenters. The molecule has 1 N–H and O–H groups in total. The molecule has 1 aliphatic rings. The van der Waals surface area contributed by atoms with Gasteiger partial charge < -0.3 is 14.6 Å². The van der Waals surface area contributed by atoms with Crippen LogP contribution in [0.5, 0.6) is 0 Å². The van der Waals surface area contributed by atoms with Gasteiger partial charge in [0, 0.05) is 36.6 Å². The van der Waals surface area contributed by atoms with Crippen molar-refractivity contribution in [2.45, 2.75) is 70.8 Å². The molecule has 5 rings (SSSR count). The van der Waals surface area contributed by atoms with E-state index in [0.717, 1.165) is 33.8 Å². The molecule has 0 spiro atoms. The lowest BCUT2D eigenvalue weighted by molar-refractivity contribution is -0.136. The first-order chi connectivity index (χ1) is 16.2. The average Bonchev–Trinajstić information content (AvgIpc) is 3.30. The summed E-state index contributed by atoms with van der Waals surface area (Å²) in [4.78, 5) is 11.2. The maximum absolute atomic E-state index is 13.8. The Bertz CT molecular complexity index is 1400. The molecule has 0 bridgehead atoms. The third kappa shape index (κ3) is 4.63. The highest BCUT2D eigenvalue weighted by Crippen LogP contribution is 2.39. The van der Waals surface area contributed by atoms with Gasteiger partial charge in [-0.1, -0.05) is 17.4 Å². The molecule has 1 fully saturated rings. The number of fused-ring (bicyclic) bond motifs is 2. The maximum Gasteiger partial charge on any atom is 0.420 e. The van der Waals surface area contributed by atoms with Crippen LogP contribution in [0.25, 0.3) is 27.0 Å². The van der Waals surface area contributed by atoms with E-state index in [9.17, 15) is 13.2 Å². The van der Waals surface area contributed by atoms with Crippen molar-refractivity contribution in [2.75, 3.05) is 11.9 Å². The summed E-state index contributed by atoms with van der Waals surface area (Å²) in [6.07, 6.45) is 0.834. The fourth-order valence-corrected chi connectivity index (χ4v) is 6.57. The van der Waals surface area contributed by atoms with Crippen molar-refractivity contribution in [1.82, 2.24) is 19.7 Å². The van der Waals surface area contributed by atoms with Crippen molar-refractivity contribution in [1.29, 1.82) is 0 Å². The Morgan fingerprint density at radius 1 is 1.03 bits per heavy atom. The van der Waals surface area contributed by atoms with Crippen molar-refractivity contribution in [3.63, 3.8) is 0 Å². The topological polar surface area (TPSA) is 45.5 Å². The van der Waals surface area contributed by atoms with Crippen molar-refractivity contribution in [2.24, 2.45) is 0 Å². The fraction of sp³-hybridized carbons (Fsp3) is 0.462. The van der Waals surface area contributed by atoms with Crippen LogP contribution in [0.1, 0.15) is 51.8 Å². The molecule has 4 heterocycles. The lowest BCUT2D eigenvalue weighted by Crippen LogP contribution is -2.61. The van der Waals surface area contributed by atoms with Gasteiger partial charge >= 0.3 is 6.18 Å². The molecule has 1 saturated heterocycles. The smallest absolute Gasteiger partial charge is 0.348 e. The Morgan fingerprint density at radius 3 is 2.37 bits per heavy atom. The summed E-state index contributed by atoms with van der Waals surface area (Å²) in [5, 5.41) is 4.64. The first kappa shape index (κ1) is 24.1. The molecule has 0 aliphatic carbocycles. The van der Waals surface area contributed by atoms with Crippen LogP contribution in [0.3, 0.4) is 0 Å². The quantitative estimate of drug-likeness (QED) is 0.340. The van der Waals surface area contributed by atoms with Crippen LogP contribution in [0.2, 0.25) is 0 Å². The lowest BCUT2D eigenvalue weighted by Gasteiger charge is -2.48. The first-order valence-corrected chi connectivity index (χ1v) is 12.5. The molecule has 9 heteroatoms. The number of thiazole rings is 1. The Labute approximate surface area is 207 Å². The van der Waals surface area contributed by atoms with Gasteiger partial charge in [-0.15, -0.1) is 0 Å². The second-order valence-corrected chi connectivity index (χ2v) is 12.0. The van der Waals surface area contributed by atoms with Gasteiger partial charge in [-0.3, -0.25) is 0 Å². The number of imidazole rings is 1. The summed E-state index contributed by atoms with van der Waals surface area (Å²) < 4.78 is 43.8. The van der Waals surface area contributed by atoms with E-state index in [-0.39, 0.29) is 16.7 Å². The SMILES string of the molecule is Cc1cn2cc(-c3ccc4nc(N(C)C5CC(C)(C)NC(C)(C)C5)sc4c3)cc(C(F)(F)F)c2n1. The first-order valence-electron chi connectivity index (χ1n) is 11.7. The van der Waals surface area contributed by atoms with Gasteiger partial charge in [0.05, 0.1) is 21.5 Å². The molecular weight excluding hydrogens is 471 g/mol. The average molecular weight is 502 g/mol. The second-order valence-electron chi connectivity index (χ2n) is 11.0. The van der Waals surface area contributed by atoms with Crippen LogP contribution < -0.4 is 10.2 Å². The number of aromatic nitrogens is 3. The highest BCUT2D eigenvalue weighted by atomic mass is 32.1. The van der Waals surface area contributed by atoms with Gasteiger partial charge in [0.25, 0.3) is 0 Å². The molecule has 5 nitrogen and oxygen atoms in total. The normalized spacial score (nSPS) is 18.4. The minimum Gasteiger partial charge on any atom is -0.348 e. The van der Waals surface area contributed by atoms with E-state index in [1.54, 1.807) is 30.7 Å². The van der Waals surface area contributed by atoms with E-state index in [2.05, 4.69) is 49.9 Å². The number of hydrogen-bond acceptors (Lipinski definition) is 5. The monoisotopic (exact) mass is 501 g/mol. The van der Waals surface area contributed by atoms with E-state index in [4.69, 9.17) is 4.98 Å². The molecule has 0 amide bonds. The zero-order chi connectivity index (χ0) is 25.3. The number of nitrogens with zero attached hydrogens (tertiary/aromatic N) is 4. The summed E-state index contributed by atoms with van der Waals surface area (Å²) in [5.74, 6) is 0. The number of halogens is 3. The minimum atomic E-state index is -4.49. The zero-order valence-corrected chi connectivity index (χ0v) is 21.6. The molecule has 0 saturated carbocycles. The Morgan fingerprint density at radius 2 is 1.71 bits per heavy atom. The van der Waals surface area contributed by atoms with E-state index < -0.39 is 11.7 Å². The molecule has 35 heavy (non-hydrogen) atoms. The summed E-state index contributed by atoms with van der Waals surface area (Å²) in [6.45, 7) is 10.6. The maximum atomic E-state index is 13.8. The zero-order valence-electron chi connectivity index (χ0n) is 20.8. The van der Waals surface area contributed by atoms with E-state index in [1.807, 2.05) is 18.2 Å². The van der Waals surface area contributed by atoms with Crippen molar-refractivity contribution >= 4 is 32.3 Å². The van der Waals surface area contributed by atoms with Gasteiger partial charge in [0.15, 0.2) is 5.13 Å². The van der Waals surface area contributed by atoms with Crippen molar-refractivity contribution in [3.05, 3.63) is 47.9 Å². The molecule has 186 valence electrons. The second kappa shape index (κ2) is 7.93. The molecular formula is C26H30F3N5S. The van der Waals surface area contributed by atoms with Crippen LogP contribution in [-0.2, 0) is 6.18 Å². The van der Waals surface area contributed by atoms with E-state index >= 15 is 0 Å². The predicted octanol–water partition coefficient (Wildman–Crippen LogP) is 6.68. The lowest BCUT2D eigenvalue weighted by atomic mass is 9.79. The summed E-state index contributed by atoms with van der Waals surface area (Å²) >= 11 is 1.58. The van der Waals surface area contributed by atoms with Crippen LogP contribution in [0.15, 0.2) is 36.7 Å². The number of alkyl halides is 3. The number of pyridine rings is 1. The van der Waals surface area contributed by atoms with Crippen LogP contribution in [0, 0.1) is 6.92 Å². The number of rotatable bonds is 3. The van der Waals surface area contributed by atoms with Gasteiger partial charge in [-0.05, 0) is 76.8 Å². The molecule has 1 aromatic carbocycles. The predicted molar refractivity (Wildman–Crippen MR) is 136 cm³/mol. The third-order valence-electron chi connectivity index (χ3n) is 6.71. The Hall–Kier alpha value is -2.65. The number of nitrogens with one attached hydrogen (secondary N) is 1. The Kier molecular flexibility index (Phi) is 5.45. The molecule has 1 aliphatic heterocycles. The van der Waals surface area contributed by atoms with Gasteiger partial charge in [0.2, 0.25) is 0 Å². The molecule has 4 aromatic rings. The summed E-state index contributed by atoms with van der Waals surface area (Å²) in [7, 11) is 2.09. The number of anilines is 1.